The van der Waals surface area contributed by atoms with Gasteiger partial charge in [0.05, 0.1) is 38.3 Å². The number of carboxylic acids is 2. The molecule has 12 heteroatoms. The van der Waals surface area contributed by atoms with Crippen LogP contribution in [0, 0.1) is 11.8 Å². The minimum absolute atomic E-state index is 0.0761. The van der Waals surface area contributed by atoms with Crippen molar-refractivity contribution in [3.63, 3.8) is 0 Å². The Hall–Kier alpha value is -2.28. The standard InChI is InChI=1S/C8H12O4.2C4H9NO3/c9-7(10)5-1-2-6(4-3-5)8(11)12;2*5-4(7)3-8-2-1-6/h5-6H,1-4H2,(H,9,10)(H,11,12);2*6H,1-3H2,(H2,5,7). The highest BCUT2D eigenvalue weighted by molar-refractivity contribution is 5.75. The number of aliphatic carboxylic acids is 2. The molecule has 1 rings (SSSR count). The SMILES string of the molecule is NC(=O)COCCO.NC(=O)COCCO.O=C(O)C1CCC(C(=O)O)CC1. The van der Waals surface area contributed by atoms with Crippen LogP contribution in [0.4, 0.5) is 0 Å². The molecule has 164 valence electrons. The molecule has 2 amide bonds. The summed E-state index contributed by atoms with van der Waals surface area (Å²) in [4.78, 5) is 40.7. The quantitative estimate of drug-likeness (QED) is 0.216. The fourth-order valence-corrected chi connectivity index (χ4v) is 2.06. The van der Waals surface area contributed by atoms with Crippen molar-refractivity contribution in [1.82, 2.24) is 0 Å². The van der Waals surface area contributed by atoms with E-state index in [-0.39, 0.29) is 51.5 Å². The van der Waals surface area contributed by atoms with E-state index in [0.717, 1.165) is 0 Å². The number of aliphatic hydroxyl groups excluding tert-OH is 2. The molecular formula is C16H30N2O10. The Kier molecular flexibility index (Phi) is 18.1. The van der Waals surface area contributed by atoms with Gasteiger partial charge in [-0.2, -0.15) is 0 Å². The number of amides is 2. The molecule has 1 saturated carbocycles. The van der Waals surface area contributed by atoms with Gasteiger partial charge in [-0.05, 0) is 25.7 Å². The van der Waals surface area contributed by atoms with E-state index in [1.165, 1.54) is 0 Å². The maximum Gasteiger partial charge on any atom is 0.306 e. The van der Waals surface area contributed by atoms with Crippen LogP contribution < -0.4 is 11.5 Å². The van der Waals surface area contributed by atoms with Crippen LogP contribution >= 0.6 is 0 Å². The molecule has 1 aliphatic rings. The molecule has 8 N–H and O–H groups in total. The molecular weight excluding hydrogens is 380 g/mol. The molecule has 0 aromatic carbocycles. The van der Waals surface area contributed by atoms with Gasteiger partial charge in [-0.15, -0.1) is 0 Å². The first-order valence-electron chi connectivity index (χ1n) is 8.55. The van der Waals surface area contributed by atoms with E-state index in [1.807, 2.05) is 0 Å². The van der Waals surface area contributed by atoms with Crippen molar-refractivity contribution in [2.24, 2.45) is 23.3 Å². The lowest BCUT2D eigenvalue weighted by Gasteiger charge is -2.22. The van der Waals surface area contributed by atoms with Crippen molar-refractivity contribution in [3.8, 4) is 0 Å². The van der Waals surface area contributed by atoms with Crippen molar-refractivity contribution in [1.29, 1.82) is 0 Å². The van der Waals surface area contributed by atoms with Gasteiger partial charge in [0.15, 0.2) is 0 Å². The van der Waals surface area contributed by atoms with Gasteiger partial charge < -0.3 is 41.4 Å². The number of aliphatic hydroxyl groups is 2. The van der Waals surface area contributed by atoms with Gasteiger partial charge in [0, 0.05) is 0 Å². The van der Waals surface area contributed by atoms with Crippen LogP contribution in [0.25, 0.3) is 0 Å². The molecule has 1 fully saturated rings. The van der Waals surface area contributed by atoms with Gasteiger partial charge in [-0.25, -0.2) is 0 Å². The van der Waals surface area contributed by atoms with E-state index in [4.69, 9.17) is 20.4 Å². The number of rotatable bonds is 10. The number of carboxylic acid groups (broad SMARTS) is 2. The Morgan fingerprint density at radius 2 is 1.00 bits per heavy atom. The largest absolute Gasteiger partial charge is 0.481 e. The lowest BCUT2D eigenvalue weighted by Crippen LogP contribution is -2.25. The maximum atomic E-state index is 10.5. The Labute approximate surface area is 162 Å². The Bertz CT molecular complexity index is 422. The summed E-state index contributed by atoms with van der Waals surface area (Å²) >= 11 is 0. The van der Waals surface area contributed by atoms with Crippen molar-refractivity contribution in [3.05, 3.63) is 0 Å². The zero-order valence-electron chi connectivity index (χ0n) is 15.6. The first-order chi connectivity index (χ1) is 13.1. The minimum atomic E-state index is -0.793. The summed E-state index contributed by atoms with van der Waals surface area (Å²) in [7, 11) is 0. The molecule has 0 aliphatic heterocycles. The van der Waals surface area contributed by atoms with Crippen molar-refractivity contribution in [2.45, 2.75) is 25.7 Å². The average molecular weight is 410 g/mol. The second-order valence-electron chi connectivity index (χ2n) is 5.71. The maximum absolute atomic E-state index is 10.5. The molecule has 0 aromatic heterocycles. The second-order valence-corrected chi connectivity index (χ2v) is 5.71. The molecule has 0 radical (unpaired) electrons. The lowest BCUT2D eigenvalue weighted by molar-refractivity contribution is -0.148. The zero-order chi connectivity index (χ0) is 21.9. The molecule has 0 atom stereocenters. The van der Waals surface area contributed by atoms with E-state index in [1.54, 1.807) is 0 Å². The molecule has 0 spiro atoms. The smallest absolute Gasteiger partial charge is 0.306 e. The molecule has 0 saturated heterocycles. The van der Waals surface area contributed by atoms with Crippen LogP contribution in [0.5, 0.6) is 0 Å². The molecule has 0 unspecified atom stereocenters. The van der Waals surface area contributed by atoms with Crippen molar-refractivity contribution in [2.75, 3.05) is 39.6 Å². The van der Waals surface area contributed by atoms with E-state index in [2.05, 4.69) is 20.9 Å². The third-order valence-electron chi connectivity index (χ3n) is 3.39. The topological polar surface area (TPSA) is 220 Å². The summed E-state index contributed by atoms with van der Waals surface area (Å²) in [6.45, 7) is -0.0342. The van der Waals surface area contributed by atoms with E-state index in [9.17, 15) is 19.2 Å². The molecule has 0 heterocycles. The van der Waals surface area contributed by atoms with Crippen LogP contribution in [0.3, 0.4) is 0 Å². The number of primary amides is 2. The fourth-order valence-electron chi connectivity index (χ4n) is 2.06. The summed E-state index contributed by atoms with van der Waals surface area (Å²) in [5.41, 5.74) is 9.38. The summed E-state index contributed by atoms with van der Waals surface area (Å²) in [6.07, 6.45) is 2.03. The first kappa shape index (κ1) is 27.9. The fraction of sp³-hybridized carbons (Fsp3) is 0.750. The number of carbonyl (C=O) groups is 4. The predicted molar refractivity (Wildman–Crippen MR) is 94.9 cm³/mol. The Morgan fingerprint density at radius 1 is 0.714 bits per heavy atom. The molecule has 28 heavy (non-hydrogen) atoms. The van der Waals surface area contributed by atoms with Crippen LogP contribution in [0.2, 0.25) is 0 Å². The number of nitrogens with two attached hydrogens (primary N) is 2. The zero-order valence-corrected chi connectivity index (χ0v) is 15.6. The number of hydrogen-bond acceptors (Lipinski definition) is 8. The van der Waals surface area contributed by atoms with Gasteiger partial charge in [0.1, 0.15) is 13.2 Å². The number of carbonyl (C=O) groups excluding carboxylic acids is 2. The summed E-state index contributed by atoms with van der Waals surface area (Å²) in [5.74, 6) is -3.25. The van der Waals surface area contributed by atoms with E-state index in [0.29, 0.717) is 25.7 Å². The number of hydrogen-bond donors (Lipinski definition) is 6. The van der Waals surface area contributed by atoms with Gasteiger partial charge in [-0.1, -0.05) is 0 Å². The second kappa shape index (κ2) is 18.1. The van der Waals surface area contributed by atoms with Crippen molar-refractivity contribution >= 4 is 23.8 Å². The summed E-state index contributed by atoms with van der Waals surface area (Å²) in [6, 6.07) is 0. The normalized spacial score (nSPS) is 17.9. The molecule has 0 aromatic rings. The Balaban J connectivity index is 0. The van der Waals surface area contributed by atoms with Crippen molar-refractivity contribution < 1.29 is 49.1 Å². The van der Waals surface area contributed by atoms with Gasteiger partial charge >= 0.3 is 11.9 Å². The Morgan fingerprint density at radius 3 is 1.18 bits per heavy atom. The van der Waals surface area contributed by atoms with Gasteiger partial charge in [-0.3, -0.25) is 19.2 Å². The summed E-state index contributed by atoms with van der Waals surface area (Å²) < 4.78 is 9.04. The average Bonchev–Trinajstić information content (AvgIpc) is 2.63. The van der Waals surface area contributed by atoms with Crippen LogP contribution in [-0.2, 0) is 28.7 Å². The monoisotopic (exact) mass is 410 g/mol. The van der Waals surface area contributed by atoms with Gasteiger partial charge in [0.2, 0.25) is 11.8 Å². The van der Waals surface area contributed by atoms with Crippen LogP contribution in [0.1, 0.15) is 25.7 Å². The first-order valence-corrected chi connectivity index (χ1v) is 8.55. The highest BCUT2D eigenvalue weighted by Gasteiger charge is 2.29. The minimum Gasteiger partial charge on any atom is -0.481 e. The van der Waals surface area contributed by atoms with Crippen LogP contribution in [-0.4, -0.2) is 83.8 Å². The third kappa shape index (κ3) is 18.5. The third-order valence-corrected chi connectivity index (χ3v) is 3.39. The molecule has 1 aliphatic carbocycles. The van der Waals surface area contributed by atoms with Crippen LogP contribution in [0.15, 0.2) is 0 Å². The highest BCUT2D eigenvalue weighted by atomic mass is 16.5. The summed E-state index contributed by atoms with van der Waals surface area (Å²) in [5, 5.41) is 33.4. The van der Waals surface area contributed by atoms with E-state index < -0.39 is 23.8 Å². The molecule has 0 bridgehead atoms. The predicted octanol–water partition coefficient (Wildman–Crippen LogP) is -2.08. The van der Waals surface area contributed by atoms with E-state index >= 15 is 0 Å². The lowest BCUT2D eigenvalue weighted by atomic mass is 9.82. The van der Waals surface area contributed by atoms with Gasteiger partial charge in [0.25, 0.3) is 0 Å². The highest BCUT2D eigenvalue weighted by Crippen LogP contribution is 2.28. The number of ether oxygens (including phenoxy) is 2. The molecule has 12 nitrogen and oxygen atoms in total.